The van der Waals surface area contributed by atoms with Gasteiger partial charge in [0.25, 0.3) is 5.69 Å². The third-order valence-electron chi connectivity index (χ3n) is 6.17. The molecule has 0 bridgehead atoms. The van der Waals surface area contributed by atoms with Gasteiger partial charge in [-0.2, -0.15) is 0 Å². The Hall–Kier alpha value is -3.49. The Morgan fingerprint density at radius 3 is 2.28 bits per heavy atom. The number of para-hydroxylation sites is 1. The van der Waals surface area contributed by atoms with E-state index >= 15 is 0 Å². The van der Waals surface area contributed by atoms with Gasteiger partial charge in [-0.05, 0) is 60.4 Å². The summed E-state index contributed by atoms with van der Waals surface area (Å²) < 4.78 is 23.1. The molecular formula is C27H31ClN2O6. The van der Waals surface area contributed by atoms with Crippen LogP contribution >= 0.6 is 12.4 Å². The SMILES string of the molecule is COc1cc2c(cc1OC)C(COc1ccccc1)N(CCCOc1ccc([N+](=O)[O-])cc1)CC2.Cl. The van der Waals surface area contributed by atoms with Gasteiger partial charge in [0.15, 0.2) is 11.5 Å². The largest absolute Gasteiger partial charge is 0.494 e. The number of methoxy groups -OCH3 is 2. The molecule has 36 heavy (non-hydrogen) atoms. The number of nitro groups is 1. The van der Waals surface area contributed by atoms with Gasteiger partial charge in [0.1, 0.15) is 18.1 Å². The van der Waals surface area contributed by atoms with Crippen molar-refractivity contribution in [3.63, 3.8) is 0 Å². The van der Waals surface area contributed by atoms with Crippen LogP contribution in [-0.4, -0.2) is 50.3 Å². The topological polar surface area (TPSA) is 83.3 Å². The number of hydrogen-bond acceptors (Lipinski definition) is 7. The molecule has 4 rings (SSSR count). The van der Waals surface area contributed by atoms with Crippen molar-refractivity contribution < 1.29 is 23.9 Å². The number of rotatable bonds is 11. The number of halogens is 1. The van der Waals surface area contributed by atoms with Crippen LogP contribution in [0.2, 0.25) is 0 Å². The lowest BCUT2D eigenvalue weighted by molar-refractivity contribution is -0.384. The highest BCUT2D eigenvalue weighted by molar-refractivity contribution is 5.85. The average molecular weight is 515 g/mol. The van der Waals surface area contributed by atoms with Gasteiger partial charge in [-0.3, -0.25) is 15.0 Å². The lowest BCUT2D eigenvalue weighted by Crippen LogP contribution is -2.39. The zero-order valence-electron chi connectivity index (χ0n) is 20.4. The second kappa shape index (κ2) is 13.0. The fourth-order valence-corrected chi connectivity index (χ4v) is 4.36. The molecule has 0 saturated carbocycles. The highest BCUT2D eigenvalue weighted by atomic mass is 35.5. The summed E-state index contributed by atoms with van der Waals surface area (Å²) in [4.78, 5) is 12.8. The maximum atomic E-state index is 10.8. The Morgan fingerprint density at radius 2 is 1.61 bits per heavy atom. The van der Waals surface area contributed by atoms with Gasteiger partial charge >= 0.3 is 0 Å². The molecule has 192 valence electrons. The molecule has 9 heteroatoms. The monoisotopic (exact) mass is 514 g/mol. The van der Waals surface area contributed by atoms with Gasteiger partial charge in [-0.15, -0.1) is 12.4 Å². The number of hydrogen-bond donors (Lipinski definition) is 0. The number of ether oxygens (including phenoxy) is 4. The highest BCUT2D eigenvalue weighted by Crippen LogP contribution is 2.38. The Labute approximate surface area is 217 Å². The van der Waals surface area contributed by atoms with Crippen LogP contribution in [0, 0.1) is 10.1 Å². The molecule has 1 aliphatic rings. The molecule has 1 aliphatic heterocycles. The first-order valence-corrected chi connectivity index (χ1v) is 11.6. The number of non-ortho nitro benzene ring substituents is 1. The molecule has 1 heterocycles. The van der Waals surface area contributed by atoms with E-state index in [1.807, 2.05) is 30.3 Å². The molecular weight excluding hydrogens is 484 g/mol. The van der Waals surface area contributed by atoms with E-state index in [1.54, 1.807) is 26.4 Å². The number of fused-ring (bicyclic) bond motifs is 1. The van der Waals surface area contributed by atoms with E-state index in [-0.39, 0.29) is 24.1 Å². The first-order chi connectivity index (χ1) is 17.1. The van der Waals surface area contributed by atoms with Crippen molar-refractivity contribution in [1.82, 2.24) is 4.90 Å². The second-order valence-corrected chi connectivity index (χ2v) is 8.28. The minimum Gasteiger partial charge on any atom is -0.494 e. The van der Waals surface area contributed by atoms with Crippen molar-refractivity contribution >= 4 is 18.1 Å². The van der Waals surface area contributed by atoms with Gasteiger partial charge in [0, 0.05) is 25.2 Å². The molecule has 1 unspecified atom stereocenters. The Balaban J connectivity index is 0.00000361. The molecule has 0 saturated heterocycles. The summed E-state index contributed by atoms with van der Waals surface area (Å²) in [5, 5.41) is 10.8. The zero-order chi connectivity index (χ0) is 24.6. The quantitative estimate of drug-likeness (QED) is 0.190. The third kappa shape index (κ3) is 6.59. The van der Waals surface area contributed by atoms with E-state index in [0.717, 1.165) is 37.4 Å². The van der Waals surface area contributed by atoms with Crippen LogP contribution in [0.25, 0.3) is 0 Å². The molecule has 1 atom stereocenters. The summed E-state index contributed by atoms with van der Waals surface area (Å²) in [7, 11) is 3.30. The normalized spacial score (nSPS) is 14.8. The van der Waals surface area contributed by atoms with Crippen LogP contribution in [0.15, 0.2) is 66.7 Å². The third-order valence-corrected chi connectivity index (χ3v) is 6.17. The number of benzene rings is 3. The van der Waals surface area contributed by atoms with Crippen molar-refractivity contribution in [3.8, 4) is 23.0 Å². The predicted octanol–water partition coefficient (Wildman–Crippen LogP) is 5.48. The Bertz CT molecular complexity index is 1130. The Morgan fingerprint density at radius 1 is 0.944 bits per heavy atom. The molecule has 0 amide bonds. The highest BCUT2D eigenvalue weighted by Gasteiger charge is 2.29. The van der Waals surface area contributed by atoms with Crippen LogP contribution in [-0.2, 0) is 6.42 Å². The van der Waals surface area contributed by atoms with Crippen LogP contribution in [0.3, 0.4) is 0 Å². The first kappa shape index (κ1) is 27.1. The average Bonchev–Trinajstić information content (AvgIpc) is 2.90. The molecule has 3 aromatic carbocycles. The molecule has 0 spiro atoms. The number of nitrogens with zero attached hydrogens (tertiary/aromatic N) is 2. The van der Waals surface area contributed by atoms with E-state index in [1.165, 1.54) is 23.3 Å². The lowest BCUT2D eigenvalue weighted by atomic mass is 9.92. The molecule has 0 N–H and O–H groups in total. The summed E-state index contributed by atoms with van der Waals surface area (Å²) in [6, 6.07) is 20.2. The van der Waals surface area contributed by atoms with E-state index < -0.39 is 4.92 Å². The Kier molecular flexibility index (Phi) is 9.78. The maximum Gasteiger partial charge on any atom is 0.269 e. The molecule has 0 aliphatic carbocycles. The van der Waals surface area contributed by atoms with E-state index in [0.29, 0.717) is 24.7 Å². The van der Waals surface area contributed by atoms with Crippen molar-refractivity contribution in [3.05, 3.63) is 88.0 Å². The van der Waals surface area contributed by atoms with Gasteiger partial charge in [0.05, 0.1) is 31.8 Å². The van der Waals surface area contributed by atoms with Gasteiger partial charge in [-0.25, -0.2) is 0 Å². The first-order valence-electron chi connectivity index (χ1n) is 11.6. The minimum absolute atomic E-state index is 0. The minimum atomic E-state index is -0.416. The summed E-state index contributed by atoms with van der Waals surface area (Å²) >= 11 is 0. The standard InChI is InChI=1S/C27H30N2O6.ClH/c1-32-26-17-20-13-15-28(14-6-16-34-23-11-9-21(10-12-23)29(30)31)25(24(20)18-27(26)33-2)19-35-22-7-4-3-5-8-22;/h3-5,7-12,17-18,25H,6,13-16,19H2,1-2H3;1H. The van der Waals surface area contributed by atoms with Crippen molar-refractivity contribution in [2.24, 2.45) is 0 Å². The van der Waals surface area contributed by atoms with Crippen LogP contribution in [0.1, 0.15) is 23.6 Å². The summed E-state index contributed by atoms with van der Waals surface area (Å²) in [6.07, 6.45) is 1.71. The van der Waals surface area contributed by atoms with Crippen LogP contribution < -0.4 is 18.9 Å². The van der Waals surface area contributed by atoms with Crippen LogP contribution in [0.5, 0.6) is 23.0 Å². The lowest BCUT2D eigenvalue weighted by Gasteiger charge is -2.37. The molecule has 8 nitrogen and oxygen atoms in total. The molecule has 0 fully saturated rings. The molecule has 0 aromatic heterocycles. The zero-order valence-corrected chi connectivity index (χ0v) is 21.2. The number of nitro benzene ring substituents is 1. The predicted molar refractivity (Wildman–Crippen MR) is 140 cm³/mol. The van der Waals surface area contributed by atoms with E-state index in [2.05, 4.69) is 17.0 Å². The summed E-state index contributed by atoms with van der Waals surface area (Å²) in [6.45, 7) is 2.74. The second-order valence-electron chi connectivity index (χ2n) is 8.28. The maximum absolute atomic E-state index is 10.8. The summed E-state index contributed by atoms with van der Waals surface area (Å²) in [5.41, 5.74) is 2.47. The van der Waals surface area contributed by atoms with Crippen LogP contribution in [0.4, 0.5) is 5.69 Å². The van der Waals surface area contributed by atoms with Gasteiger partial charge in [0.2, 0.25) is 0 Å². The molecule has 3 aromatic rings. The van der Waals surface area contributed by atoms with Crippen molar-refractivity contribution in [1.29, 1.82) is 0 Å². The smallest absolute Gasteiger partial charge is 0.269 e. The van der Waals surface area contributed by atoms with E-state index in [9.17, 15) is 10.1 Å². The van der Waals surface area contributed by atoms with Gasteiger partial charge < -0.3 is 18.9 Å². The van der Waals surface area contributed by atoms with E-state index in [4.69, 9.17) is 18.9 Å². The molecule has 0 radical (unpaired) electrons. The van der Waals surface area contributed by atoms with Crippen molar-refractivity contribution in [2.75, 3.05) is 40.5 Å². The van der Waals surface area contributed by atoms with Gasteiger partial charge in [-0.1, -0.05) is 18.2 Å². The fourth-order valence-electron chi connectivity index (χ4n) is 4.36. The summed E-state index contributed by atoms with van der Waals surface area (Å²) in [5.74, 6) is 2.90. The fraction of sp³-hybridized carbons (Fsp3) is 0.333. The van der Waals surface area contributed by atoms with Crippen molar-refractivity contribution in [2.45, 2.75) is 18.9 Å².